The Balaban J connectivity index is 1.66. The normalized spacial score (nSPS) is 12.6. The topological polar surface area (TPSA) is 20.2 Å². The first kappa shape index (κ1) is 19.8. The number of benzene rings is 2. The zero-order valence-corrected chi connectivity index (χ0v) is 16.3. The summed E-state index contributed by atoms with van der Waals surface area (Å²) in [4.78, 5) is 0. The predicted octanol–water partition coefficient (Wildman–Crippen LogP) is 7.96. The number of fused-ring (bicyclic) bond motifs is 1. The monoisotopic (exact) mass is 340 g/mol. The van der Waals surface area contributed by atoms with E-state index in [1.165, 1.54) is 70.6 Å². The van der Waals surface area contributed by atoms with Crippen LogP contribution < -0.4 is 0 Å². The summed E-state index contributed by atoms with van der Waals surface area (Å²) in [5, 5.41) is 12.7. The Morgan fingerprint density at radius 2 is 1.36 bits per heavy atom. The SMILES string of the molecule is CCCCCCCCCCCCC(C)c1ccc2ccccc2c1O. The third-order valence-electron chi connectivity index (χ3n) is 5.45. The lowest BCUT2D eigenvalue weighted by atomic mass is 9.92. The van der Waals surface area contributed by atoms with E-state index in [2.05, 4.69) is 32.0 Å². The first-order valence-corrected chi connectivity index (χ1v) is 10.4. The van der Waals surface area contributed by atoms with Crippen LogP contribution in [0.1, 0.15) is 96.0 Å². The van der Waals surface area contributed by atoms with Gasteiger partial charge in [-0.15, -0.1) is 0 Å². The molecule has 1 nitrogen and oxygen atoms in total. The van der Waals surface area contributed by atoms with E-state index in [1.54, 1.807) is 0 Å². The molecule has 2 aromatic carbocycles. The molecular weight excluding hydrogens is 304 g/mol. The van der Waals surface area contributed by atoms with Gasteiger partial charge in [-0.2, -0.15) is 0 Å². The van der Waals surface area contributed by atoms with E-state index in [0.717, 1.165) is 16.3 Å². The van der Waals surface area contributed by atoms with E-state index in [1.807, 2.05) is 18.2 Å². The molecule has 0 bridgehead atoms. The lowest BCUT2D eigenvalue weighted by Gasteiger charge is -2.15. The third-order valence-corrected chi connectivity index (χ3v) is 5.45. The molecule has 2 aromatic rings. The quantitative estimate of drug-likeness (QED) is 0.388. The molecule has 1 atom stereocenters. The molecule has 1 heteroatoms. The van der Waals surface area contributed by atoms with Crippen LogP contribution in [0.15, 0.2) is 36.4 Å². The van der Waals surface area contributed by atoms with Crippen LogP contribution in [-0.2, 0) is 0 Å². The zero-order valence-electron chi connectivity index (χ0n) is 16.3. The van der Waals surface area contributed by atoms with Gasteiger partial charge in [-0.1, -0.05) is 114 Å². The van der Waals surface area contributed by atoms with Crippen LogP contribution in [0, 0.1) is 0 Å². The summed E-state index contributed by atoms with van der Waals surface area (Å²) in [6.07, 6.45) is 14.9. The standard InChI is InChI=1S/C24H36O/c1-3-4-5-6-7-8-9-10-11-12-15-20(2)22-19-18-21-16-13-14-17-23(21)24(22)25/h13-14,16-20,25H,3-12,15H2,1-2H3. The summed E-state index contributed by atoms with van der Waals surface area (Å²) >= 11 is 0. The lowest BCUT2D eigenvalue weighted by molar-refractivity contribution is 0.463. The maximum absolute atomic E-state index is 10.6. The Hall–Kier alpha value is -1.50. The fraction of sp³-hybridized carbons (Fsp3) is 0.583. The molecule has 2 rings (SSSR count). The van der Waals surface area contributed by atoms with Crippen molar-refractivity contribution in [2.24, 2.45) is 0 Å². The number of phenolic OH excluding ortho intramolecular Hbond substituents is 1. The molecule has 0 amide bonds. The van der Waals surface area contributed by atoms with Crippen molar-refractivity contribution in [1.82, 2.24) is 0 Å². The maximum atomic E-state index is 10.6. The van der Waals surface area contributed by atoms with Crippen molar-refractivity contribution in [2.45, 2.75) is 90.4 Å². The second-order valence-corrected chi connectivity index (χ2v) is 7.60. The van der Waals surface area contributed by atoms with Gasteiger partial charge in [0.1, 0.15) is 5.75 Å². The highest BCUT2D eigenvalue weighted by Crippen LogP contribution is 2.35. The van der Waals surface area contributed by atoms with Crippen LogP contribution in [0.3, 0.4) is 0 Å². The van der Waals surface area contributed by atoms with Gasteiger partial charge in [0, 0.05) is 5.39 Å². The van der Waals surface area contributed by atoms with Crippen LogP contribution in [0.4, 0.5) is 0 Å². The van der Waals surface area contributed by atoms with E-state index in [-0.39, 0.29) is 0 Å². The molecule has 1 unspecified atom stereocenters. The minimum absolute atomic E-state index is 0.429. The molecular formula is C24H36O. The summed E-state index contributed by atoms with van der Waals surface area (Å²) in [6, 6.07) is 12.3. The molecule has 1 N–H and O–H groups in total. The number of hydrogen-bond donors (Lipinski definition) is 1. The van der Waals surface area contributed by atoms with Gasteiger partial charge in [0.05, 0.1) is 0 Å². The highest BCUT2D eigenvalue weighted by atomic mass is 16.3. The van der Waals surface area contributed by atoms with E-state index in [0.29, 0.717) is 11.7 Å². The van der Waals surface area contributed by atoms with Crippen molar-refractivity contribution >= 4 is 10.8 Å². The number of rotatable bonds is 12. The van der Waals surface area contributed by atoms with Crippen LogP contribution in [0.5, 0.6) is 5.75 Å². The third kappa shape index (κ3) is 6.38. The van der Waals surface area contributed by atoms with E-state index in [9.17, 15) is 5.11 Å². The molecule has 0 aliphatic heterocycles. The fourth-order valence-electron chi connectivity index (χ4n) is 3.76. The van der Waals surface area contributed by atoms with Crippen LogP contribution in [0.2, 0.25) is 0 Å². The summed E-state index contributed by atoms with van der Waals surface area (Å²) in [6.45, 7) is 4.52. The highest BCUT2D eigenvalue weighted by Gasteiger charge is 2.12. The van der Waals surface area contributed by atoms with Crippen molar-refractivity contribution < 1.29 is 5.11 Å². The largest absolute Gasteiger partial charge is 0.507 e. The van der Waals surface area contributed by atoms with Crippen LogP contribution in [-0.4, -0.2) is 5.11 Å². The second-order valence-electron chi connectivity index (χ2n) is 7.60. The summed E-state index contributed by atoms with van der Waals surface area (Å²) in [7, 11) is 0. The zero-order chi connectivity index (χ0) is 17.9. The van der Waals surface area contributed by atoms with Gasteiger partial charge >= 0.3 is 0 Å². The molecule has 0 aliphatic rings. The van der Waals surface area contributed by atoms with E-state index >= 15 is 0 Å². The Morgan fingerprint density at radius 1 is 0.760 bits per heavy atom. The molecule has 0 saturated heterocycles. The first-order chi connectivity index (χ1) is 12.2. The van der Waals surface area contributed by atoms with Crippen molar-refractivity contribution in [2.75, 3.05) is 0 Å². The molecule has 0 aromatic heterocycles. The first-order valence-electron chi connectivity index (χ1n) is 10.4. The minimum Gasteiger partial charge on any atom is -0.507 e. The molecule has 0 spiro atoms. The van der Waals surface area contributed by atoms with E-state index in [4.69, 9.17) is 0 Å². The van der Waals surface area contributed by atoms with Gasteiger partial charge in [0.25, 0.3) is 0 Å². The van der Waals surface area contributed by atoms with Gasteiger partial charge in [0.2, 0.25) is 0 Å². The summed E-state index contributed by atoms with van der Waals surface area (Å²) < 4.78 is 0. The minimum atomic E-state index is 0.429. The van der Waals surface area contributed by atoms with E-state index < -0.39 is 0 Å². The number of hydrogen-bond acceptors (Lipinski definition) is 1. The van der Waals surface area contributed by atoms with Crippen molar-refractivity contribution in [3.63, 3.8) is 0 Å². The number of phenols is 1. The summed E-state index contributed by atoms with van der Waals surface area (Å²) in [5.41, 5.74) is 1.11. The van der Waals surface area contributed by atoms with Gasteiger partial charge in [0.15, 0.2) is 0 Å². The van der Waals surface area contributed by atoms with Gasteiger partial charge < -0.3 is 5.11 Å². The fourth-order valence-corrected chi connectivity index (χ4v) is 3.76. The molecule has 0 radical (unpaired) electrons. The van der Waals surface area contributed by atoms with Crippen LogP contribution >= 0.6 is 0 Å². The van der Waals surface area contributed by atoms with Crippen LogP contribution in [0.25, 0.3) is 10.8 Å². The maximum Gasteiger partial charge on any atom is 0.126 e. The smallest absolute Gasteiger partial charge is 0.126 e. The number of unbranched alkanes of at least 4 members (excludes halogenated alkanes) is 9. The van der Waals surface area contributed by atoms with Gasteiger partial charge in [-0.3, -0.25) is 0 Å². The van der Waals surface area contributed by atoms with Crippen molar-refractivity contribution in [3.05, 3.63) is 42.0 Å². The predicted molar refractivity (Wildman–Crippen MR) is 110 cm³/mol. The highest BCUT2D eigenvalue weighted by molar-refractivity contribution is 5.89. The molecule has 0 aliphatic carbocycles. The van der Waals surface area contributed by atoms with Gasteiger partial charge in [-0.05, 0) is 23.3 Å². The molecule has 25 heavy (non-hydrogen) atoms. The Morgan fingerprint density at radius 3 is 2.04 bits per heavy atom. The second kappa shape index (κ2) is 11.2. The Bertz CT molecular complexity index is 617. The number of aromatic hydroxyl groups is 1. The molecule has 0 fully saturated rings. The average molecular weight is 341 g/mol. The molecule has 0 heterocycles. The van der Waals surface area contributed by atoms with Crippen molar-refractivity contribution in [1.29, 1.82) is 0 Å². The summed E-state index contributed by atoms with van der Waals surface area (Å²) in [5.74, 6) is 0.913. The average Bonchev–Trinajstić information content (AvgIpc) is 2.63. The Labute approximate surface area is 154 Å². The molecule has 138 valence electrons. The van der Waals surface area contributed by atoms with Gasteiger partial charge in [-0.25, -0.2) is 0 Å². The lowest BCUT2D eigenvalue weighted by Crippen LogP contribution is -1.95. The Kier molecular flexibility index (Phi) is 8.86. The van der Waals surface area contributed by atoms with Crippen molar-refractivity contribution in [3.8, 4) is 5.75 Å². The molecule has 0 saturated carbocycles.